The van der Waals surface area contributed by atoms with Gasteiger partial charge in [-0.15, -0.1) is 0 Å². The third-order valence-electron chi connectivity index (χ3n) is 6.64. The maximum absolute atomic E-state index is 12.6. The monoisotopic (exact) mass is 363 g/mol. The Morgan fingerprint density at radius 3 is 2.68 bits per heavy atom. The van der Waals surface area contributed by atoms with Crippen LogP contribution in [-0.2, 0) is 11.2 Å². The molecule has 5 heteroatoms. The van der Waals surface area contributed by atoms with Gasteiger partial charge in [0.1, 0.15) is 0 Å². The molecule has 4 saturated carbocycles. The predicted octanol–water partition coefficient (Wildman–Crippen LogP) is 2.74. The molecule has 1 heterocycles. The highest BCUT2D eigenvalue weighted by atomic mass is 32.1. The molecule has 1 aromatic rings. The zero-order chi connectivity index (χ0) is 17.5. The normalized spacial score (nSPS) is 37.2. The van der Waals surface area contributed by atoms with Crippen molar-refractivity contribution in [3.05, 3.63) is 22.4 Å². The van der Waals surface area contributed by atoms with Crippen LogP contribution in [0.2, 0.25) is 0 Å². The van der Waals surface area contributed by atoms with Crippen molar-refractivity contribution in [3.8, 4) is 0 Å². The molecule has 0 aliphatic heterocycles. The minimum atomic E-state index is -0.503. The van der Waals surface area contributed by atoms with Crippen LogP contribution in [0.1, 0.15) is 50.5 Å². The van der Waals surface area contributed by atoms with Crippen molar-refractivity contribution in [2.24, 2.45) is 23.2 Å². The summed E-state index contributed by atoms with van der Waals surface area (Å²) in [7, 11) is 0. The molecular formula is C20H29NO3S. The molecule has 1 aromatic heterocycles. The van der Waals surface area contributed by atoms with E-state index in [1.807, 2.05) is 5.38 Å². The van der Waals surface area contributed by atoms with Crippen LogP contribution >= 0.6 is 11.3 Å². The van der Waals surface area contributed by atoms with Gasteiger partial charge < -0.3 is 15.5 Å². The summed E-state index contributed by atoms with van der Waals surface area (Å²) in [5.41, 5.74) is 0.740. The van der Waals surface area contributed by atoms with Crippen molar-refractivity contribution in [3.63, 3.8) is 0 Å². The fraction of sp³-hybridized carbons (Fsp3) is 0.750. The van der Waals surface area contributed by atoms with E-state index < -0.39 is 5.60 Å². The zero-order valence-electron chi connectivity index (χ0n) is 14.7. The zero-order valence-corrected chi connectivity index (χ0v) is 15.6. The Kier molecular flexibility index (Phi) is 4.67. The second-order valence-electron chi connectivity index (χ2n) is 9.05. The van der Waals surface area contributed by atoms with Crippen molar-refractivity contribution in [2.45, 2.75) is 57.0 Å². The van der Waals surface area contributed by atoms with Crippen molar-refractivity contribution in [2.75, 3.05) is 13.2 Å². The van der Waals surface area contributed by atoms with Gasteiger partial charge in [0.15, 0.2) is 0 Å². The summed E-state index contributed by atoms with van der Waals surface area (Å²) in [6, 6.07) is 2.07. The Hall–Kier alpha value is -0.910. The van der Waals surface area contributed by atoms with Crippen molar-refractivity contribution in [1.82, 2.24) is 5.32 Å². The molecule has 4 aliphatic carbocycles. The molecule has 1 amide bonds. The number of hydrogen-bond acceptors (Lipinski definition) is 4. The summed E-state index contributed by atoms with van der Waals surface area (Å²) in [5, 5.41) is 27.6. The van der Waals surface area contributed by atoms with Gasteiger partial charge in [-0.25, -0.2) is 0 Å². The number of aliphatic hydroxyl groups is 2. The molecule has 4 aliphatic rings. The van der Waals surface area contributed by atoms with Gasteiger partial charge in [0, 0.05) is 25.5 Å². The summed E-state index contributed by atoms with van der Waals surface area (Å²) in [6.07, 6.45) is 7.50. The van der Waals surface area contributed by atoms with Crippen LogP contribution in [0, 0.1) is 23.2 Å². The van der Waals surface area contributed by atoms with Gasteiger partial charge >= 0.3 is 0 Å². The average Bonchev–Trinajstić information content (AvgIpc) is 3.01. The highest BCUT2D eigenvalue weighted by Gasteiger charge is 2.57. The minimum Gasteiger partial charge on any atom is -0.396 e. The maximum Gasteiger partial charge on any atom is 0.220 e. The topological polar surface area (TPSA) is 69.6 Å². The van der Waals surface area contributed by atoms with Gasteiger partial charge in [0.25, 0.3) is 0 Å². The Labute approximate surface area is 153 Å². The fourth-order valence-electron chi connectivity index (χ4n) is 6.21. The molecule has 3 N–H and O–H groups in total. The van der Waals surface area contributed by atoms with Gasteiger partial charge in [-0.2, -0.15) is 11.3 Å². The van der Waals surface area contributed by atoms with E-state index in [2.05, 4.69) is 16.8 Å². The maximum atomic E-state index is 12.6. The van der Waals surface area contributed by atoms with Crippen LogP contribution in [0.3, 0.4) is 0 Å². The van der Waals surface area contributed by atoms with Crippen molar-refractivity contribution >= 4 is 17.2 Å². The minimum absolute atomic E-state index is 0.0188. The lowest BCUT2D eigenvalue weighted by molar-refractivity contribution is -0.169. The Balaban J connectivity index is 1.31. The summed E-state index contributed by atoms with van der Waals surface area (Å²) in [5.74, 6) is 1.39. The van der Waals surface area contributed by atoms with E-state index in [0.717, 1.165) is 38.5 Å². The second-order valence-corrected chi connectivity index (χ2v) is 9.83. The van der Waals surface area contributed by atoms with Gasteiger partial charge in [0.05, 0.1) is 5.60 Å². The molecule has 0 unspecified atom stereocenters. The lowest BCUT2D eigenvalue weighted by atomic mass is 9.47. The lowest BCUT2D eigenvalue weighted by Crippen LogP contribution is -2.56. The molecule has 25 heavy (non-hydrogen) atoms. The molecule has 4 bridgehead atoms. The lowest BCUT2D eigenvalue weighted by Gasteiger charge is -2.60. The van der Waals surface area contributed by atoms with E-state index >= 15 is 0 Å². The Morgan fingerprint density at radius 2 is 2.08 bits per heavy atom. The third-order valence-corrected chi connectivity index (χ3v) is 7.37. The first-order valence-corrected chi connectivity index (χ1v) is 10.5. The quantitative estimate of drug-likeness (QED) is 0.698. The smallest absolute Gasteiger partial charge is 0.220 e. The molecule has 0 aromatic carbocycles. The number of hydrogen-bond donors (Lipinski definition) is 3. The van der Waals surface area contributed by atoms with Crippen LogP contribution in [0.5, 0.6) is 0 Å². The molecular weight excluding hydrogens is 334 g/mol. The number of carbonyl (C=O) groups excluding carboxylic acids is 1. The molecule has 3 atom stereocenters. The molecule has 138 valence electrons. The summed E-state index contributed by atoms with van der Waals surface area (Å²) < 4.78 is 0. The van der Waals surface area contributed by atoms with Gasteiger partial charge in [0.2, 0.25) is 5.91 Å². The molecule has 0 radical (unpaired) electrons. The fourth-order valence-corrected chi connectivity index (χ4v) is 6.89. The molecule has 0 spiro atoms. The predicted molar refractivity (Wildman–Crippen MR) is 98.3 cm³/mol. The molecule has 4 fully saturated rings. The Bertz CT molecular complexity index is 600. The first-order valence-electron chi connectivity index (χ1n) is 9.59. The van der Waals surface area contributed by atoms with Gasteiger partial charge in [-0.3, -0.25) is 4.79 Å². The van der Waals surface area contributed by atoms with E-state index in [4.69, 9.17) is 0 Å². The SMILES string of the molecule is O=C(CC12C[C@@H]3C[C@H](CC(O)(C3)C1)C2)NC[C@H](CO)Cc1ccsc1. The molecule has 5 rings (SSSR count). The van der Waals surface area contributed by atoms with Crippen molar-refractivity contribution in [1.29, 1.82) is 0 Å². The molecule has 4 nitrogen and oxygen atoms in total. The number of nitrogens with one attached hydrogen (secondary N) is 1. The van der Waals surface area contributed by atoms with Crippen LogP contribution in [0.15, 0.2) is 16.8 Å². The summed E-state index contributed by atoms with van der Waals surface area (Å²) >= 11 is 1.66. The first kappa shape index (κ1) is 17.5. The largest absolute Gasteiger partial charge is 0.396 e. The van der Waals surface area contributed by atoms with Gasteiger partial charge in [-0.05, 0) is 84.6 Å². The van der Waals surface area contributed by atoms with Gasteiger partial charge in [-0.1, -0.05) is 0 Å². The number of amides is 1. The summed E-state index contributed by atoms with van der Waals surface area (Å²) in [4.78, 5) is 12.6. The van der Waals surface area contributed by atoms with Crippen LogP contribution < -0.4 is 5.32 Å². The van der Waals surface area contributed by atoms with Crippen LogP contribution in [0.4, 0.5) is 0 Å². The highest BCUT2D eigenvalue weighted by Crippen LogP contribution is 2.62. The average molecular weight is 364 g/mol. The Morgan fingerprint density at radius 1 is 1.32 bits per heavy atom. The first-order chi connectivity index (χ1) is 12.0. The van der Waals surface area contributed by atoms with E-state index in [0.29, 0.717) is 24.8 Å². The van der Waals surface area contributed by atoms with Crippen molar-refractivity contribution < 1.29 is 15.0 Å². The highest BCUT2D eigenvalue weighted by molar-refractivity contribution is 7.07. The second kappa shape index (κ2) is 6.67. The van der Waals surface area contributed by atoms with E-state index in [1.54, 1.807) is 11.3 Å². The number of carbonyl (C=O) groups is 1. The van der Waals surface area contributed by atoms with E-state index in [9.17, 15) is 15.0 Å². The van der Waals surface area contributed by atoms with E-state index in [1.165, 1.54) is 12.0 Å². The molecule has 0 saturated heterocycles. The third kappa shape index (κ3) is 3.79. The van der Waals surface area contributed by atoms with Crippen LogP contribution in [0.25, 0.3) is 0 Å². The summed E-state index contributed by atoms with van der Waals surface area (Å²) in [6.45, 7) is 0.615. The number of rotatable bonds is 7. The number of thiophene rings is 1. The number of aliphatic hydroxyl groups excluding tert-OH is 1. The standard InChI is InChI=1S/C20H29NO3S/c22-11-17(3-14-1-2-25-12-14)10-21-18(23)9-19-5-15-4-16(6-19)8-20(24,7-15)13-19/h1-2,12,15-17,22,24H,3-11,13H2,(H,21,23)/t15-,16-,17+,19?,20?/m0/s1. The van der Waals surface area contributed by atoms with E-state index in [-0.39, 0.29) is 23.8 Å². The van der Waals surface area contributed by atoms with Crippen LogP contribution in [-0.4, -0.2) is 34.9 Å².